The van der Waals surface area contributed by atoms with E-state index in [9.17, 15) is 9.59 Å². The van der Waals surface area contributed by atoms with Gasteiger partial charge in [0.1, 0.15) is 5.54 Å². The van der Waals surface area contributed by atoms with Gasteiger partial charge < -0.3 is 11.1 Å². The van der Waals surface area contributed by atoms with Crippen molar-refractivity contribution >= 4 is 11.9 Å². The Morgan fingerprint density at radius 2 is 2.00 bits per heavy atom. The maximum atomic E-state index is 11.7. The van der Waals surface area contributed by atoms with Crippen molar-refractivity contribution in [1.29, 1.82) is 0 Å². The normalized spacial score (nSPS) is 33.2. The number of hydrogen-bond donors (Lipinski definition) is 3. The van der Waals surface area contributed by atoms with Gasteiger partial charge in [-0.3, -0.25) is 10.1 Å². The van der Waals surface area contributed by atoms with Gasteiger partial charge in [0, 0.05) is 6.54 Å². The van der Waals surface area contributed by atoms with Crippen LogP contribution in [0, 0.1) is 5.92 Å². The van der Waals surface area contributed by atoms with E-state index < -0.39 is 11.6 Å². The van der Waals surface area contributed by atoms with E-state index in [2.05, 4.69) is 10.6 Å². The molecule has 0 radical (unpaired) electrons. The summed E-state index contributed by atoms with van der Waals surface area (Å²) in [5, 5.41) is 4.95. The molecule has 2 fully saturated rings. The summed E-state index contributed by atoms with van der Waals surface area (Å²) in [6.07, 6.45) is 4.20. The van der Waals surface area contributed by atoms with Crippen LogP contribution in [-0.2, 0) is 4.79 Å². The quantitative estimate of drug-likeness (QED) is 0.532. The van der Waals surface area contributed by atoms with Crippen molar-refractivity contribution in [2.24, 2.45) is 11.7 Å². The smallest absolute Gasteiger partial charge is 0.322 e. The SMILES string of the molecule is NCC1(C2CCCC2)NC(=O)NC1=O. The second-order valence-electron chi connectivity index (χ2n) is 4.07. The fourth-order valence-corrected chi connectivity index (χ4v) is 2.52. The van der Waals surface area contributed by atoms with E-state index in [1.165, 1.54) is 0 Å². The number of hydrogen-bond acceptors (Lipinski definition) is 3. The van der Waals surface area contributed by atoms with Crippen molar-refractivity contribution < 1.29 is 9.59 Å². The Morgan fingerprint density at radius 1 is 1.36 bits per heavy atom. The molecular formula is C9H15N3O2. The fourth-order valence-electron chi connectivity index (χ4n) is 2.52. The van der Waals surface area contributed by atoms with Crippen molar-refractivity contribution in [3.63, 3.8) is 0 Å². The van der Waals surface area contributed by atoms with Gasteiger partial charge in [-0.05, 0) is 18.8 Å². The summed E-state index contributed by atoms with van der Waals surface area (Å²) in [5.41, 5.74) is 4.80. The number of urea groups is 1. The molecule has 0 aromatic heterocycles. The summed E-state index contributed by atoms with van der Waals surface area (Å²) in [7, 11) is 0. The van der Waals surface area contributed by atoms with Crippen molar-refractivity contribution in [2.45, 2.75) is 31.2 Å². The summed E-state index contributed by atoms with van der Waals surface area (Å²) < 4.78 is 0. The lowest BCUT2D eigenvalue weighted by Crippen LogP contribution is -2.57. The molecule has 1 aliphatic heterocycles. The highest BCUT2D eigenvalue weighted by Gasteiger charge is 2.51. The molecule has 4 N–H and O–H groups in total. The average Bonchev–Trinajstić information content (AvgIpc) is 2.73. The van der Waals surface area contributed by atoms with Crippen LogP contribution < -0.4 is 16.4 Å². The number of rotatable bonds is 2. The van der Waals surface area contributed by atoms with Gasteiger partial charge in [0.25, 0.3) is 5.91 Å². The maximum absolute atomic E-state index is 11.7. The van der Waals surface area contributed by atoms with Gasteiger partial charge in [-0.2, -0.15) is 0 Å². The maximum Gasteiger partial charge on any atom is 0.322 e. The van der Waals surface area contributed by atoms with Crippen molar-refractivity contribution in [3.05, 3.63) is 0 Å². The lowest BCUT2D eigenvalue weighted by Gasteiger charge is -2.30. The van der Waals surface area contributed by atoms with Crippen LogP contribution in [0.3, 0.4) is 0 Å². The van der Waals surface area contributed by atoms with Gasteiger partial charge in [0.2, 0.25) is 0 Å². The molecule has 2 aliphatic rings. The molecule has 3 amide bonds. The van der Waals surface area contributed by atoms with Crippen LogP contribution in [0.1, 0.15) is 25.7 Å². The Balaban J connectivity index is 2.24. The summed E-state index contributed by atoms with van der Waals surface area (Å²) in [6, 6.07) is -0.410. The highest BCUT2D eigenvalue weighted by atomic mass is 16.2. The third-order valence-corrected chi connectivity index (χ3v) is 3.34. The molecule has 0 spiro atoms. The van der Waals surface area contributed by atoms with E-state index in [4.69, 9.17) is 5.73 Å². The number of imide groups is 1. The third kappa shape index (κ3) is 1.19. The van der Waals surface area contributed by atoms with Crippen LogP contribution in [0.4, 0.5) is 4.79 Å². The van der Waals surface area contributed by atoms with Crippen LogP contribution in [0.25, 0.3) is 0 Å². The van der Waals surface area contributed by atoms with Crippen molar-refractivity contribution in [3.8, 4) is 0 Å². The zero-order valence-electron chi connectivity index (χ0n) is 8.01. The first-order valence-electron chi connectivity index (χ1n) is 5.03. The summed E-state index contributed by atoms with van der Waals surface area (Å²) >= 11 is 0. The highest BCUT2D eigenvalue weighted by molar-refractivity contribution is 6.07. The summed E-state index contributed by atoms with van der Waals surface area (Å²) in [4.78, 5) is 22.7. The number of carbonyl (C=O) groups is 2. The molecule has 5 heteroatoms. The number of carbonyl (C=O) groups excluding carboxylic acids is 2. The summed E-state index contributed by atoms with van der Waals surface area (Å²) in [5.74, 6) is -0.0455. The predicted octanol–water partition coefficient (Wildman–Crippen LogP) is -0.287. The number of nitrogens with one attached hydrogen (secondary N) is 2. The van der Waals surface area contributed by atoms with Crippen LogP contribution in [0.15, 0.2) is 0 Å². The molecule has 1 aliphatic carbocycles. The van der Waals surface area contributed by atoms with E-state index in [-0.39, 0.29) is 18.4 Å². The van der Waals surface area contributed by atoms with E-state index in [0.717, 1.165) is 25.7 Å². The van der Waals surface area contributed by atoms with Crippen LogP contribution >= 0.6 is 0 Å². The van der Waals surface area contributed by atoms with Crippen molar-refractivity contribution in [2.75, 3.05) is 6.54 Å². The zero-order chi connectivity index (χ0) is 10.2. The first kappa shape index (κ1) is 9.45. The molecule has 1 atom stereocenters. The largest absolute Gasteiger partial charge is 0.328 e. The van der Waals surface area contributed by atoms with E-state index in [1.807, 2.05) is 0 Å². The Kier molecular flexibility index (Phi) is 2.19. The van der Waals surface area contributed by atoms with Crippen LogP contribution in [0.5, 0.6) is 0 Å². The third-order valence-electron chi connectivity index (χ3n) is 3.34. The van der Waals surface area contributed by atoms with Gasteiger partial charge in [0.05, 0.1) is 0 Å². The van der Waals surface area contributed by atoms with E-state index in [1.54, 1.807) is 0 Å². The highest BCUT2D eigenvalue weighted by Crippen LogP contribution is 2.35. The molecule has 5 nitrogen and oxygen atoms in total. The second kappa shape index (κ2) is 3.24. The molecule has 1 heterocycles. The number of nitrogens with two attached hydrogens (primary N) is 1. The van der Waals surface area contributed by atoms with Gasteiger partial charge >= 0.3 is 6.03 Å². The number of amides is 3. The van der Waals surface area contributed by atoms with E-state index in [0.29, 0.717) is 0 Å². The molecule has 1 saturated heterocycles. The minimum Gasteiger partial charge on any atom is -0.328 e. The predicted molar refractivity (Wildman–Crippen MR) is 50.4 cm³/mol. The van der Waals surface area contributed by atoms with Crippen LogP contribution in [-0.4, -0.2) is 24.0 Å². The second-order valence-corrected chi connectivity index (χ2v) is 4.07. The molecule has 0 aromatic rings. The molecule has 1 unspecified atom stereocenters. The van der Waals surface area contributed by atoms with Gasteiger partial charge in [-0.25, -0.2) is 4.79 Å². The van der Waals surface area contributed by atoms with Crippen LogP contribution in [0.2, 0.25) is 0 Å². The monoisotopic (exact) mass is 197 g/mol. The topological polar surface area (TPSA) is 84.2 Å². The Morgan fingerprint density at radius 3 is 2.43 bits per heavy atom. The zero-order valence-corrected chi connectivity index (χ0v) is 8.01. The summed E-state index contributed by atoms with van der Waals surface area (Å²) in [6.45, 7) is 0.190. The molecule has 1 saturated carbocycles. The molecular weight excluding hydrogens is 182 g/mol. The Bertz CT molecular complexity index is 273. The van der Waals surface area contributed by atoms with Gasteiger partial charge in [0.15, 0.2) is 0 Å². The minimum atomic E-state index is -0.826. The first-order valence-corrected chi connectivity index (χ1v) is 5.03. The molecule has 2 rings (SSSR count). The van der Waals surface area contributed by atoms with Gasteiger partial charge in [-0.15, -0.1) is 0 Å². The Hall–Kier alpha value is -1.10. The molecule has 0 bridgehead atoms. The molecule has 0 aromatic carbocycles. The Labute approximate surface area is 82.4 Å². The lowest BCUT2D eigenvalue weighted by atomic mass is 9.82. The van der Waals surface area contributed by atoms with Crippen molar-refractivity contribution in [1.82, 2.24) is 10.6 Å². The first-order chi connectivity index (χ1) is 6.69. The lowest BCUT2D eigenvalue weighted by molar-refractivity contribution is -0.125. The average molecular weight is 197 g/mol. The van der Waals surface area contributed by atoms with E-state index >= 15 is 0 Å². The fraction of sp³-hybridized carbons (Fsp3) is 0.778. The minimum absolute atomic E-state index is 0.190. The van der Waals surface area contributed by atoms with Gasteiger partial charge in [-0.1, -0.05) is 12.8 Å². The molecule has 78 valence electrons. The standard InChI is InChI=1S/C9H15N3O2/c10-5-9(6-3-1-2-4-6)7(13)11-8(14)12-9/h6H,1-5,10H2,(H2,11,12,13,14). The molecule has 14 heavy (non-hydrogen) atoms.